The fraction of sp³-hybridized carbons (Fsp3) is 0.571. The lowest BCUT2D eigenvalue weighted by Gasteiger charge is -2.36. The molecule has 1 heterocycles. The van der Waals surface area contributed by atoms with Crippen molar-refractivity contribution >= 4 is 15.7 Å². The molecule has 0 radical (unpaired) electrons. The van der Waals surface area contributed by atoms with Crippen LogP contribution in [0.2, 0.25) is 0 Å². The fourth-order valence-electron chi connectivity index (χ4n) is 2.64. The van der Waals surface area contributed by atoms with Crippen molar-refractivity contribution in [2.24, 2.45) is 0 Å². The van der Waals surface area contributed by atoms with Gasteiger partial charge in [-0.3, -0.25) is 0 Å². The number of benzene rings is 1. The van der Waals surface area contributed by atoms with Crippen LogP contribution in [-0.2, 0) is 10.0 Å². The Bertz CT molecular complexity index is 624. The van der Waals surface area contributed by atoms with Crippen LogP contribution in [0, 0.1) is 13.8 Å². The predicted molar refractivity (Wildman–Crippen MR) is 78.9 cm³/mol. The van der Waals surface area contributed by atoms with E-state index in [4.69, 9.17) is 5.73 Å². The van der Waals surface area contributed by atoms with Crippen molar-refractivity contribution in [1.29, 1.82) is 0 Å². The highest BCUT2D eigenvalue weighted by molar-refractivity contribution is 7.89. The first-order valence-corrected chi connectivity index (χ1v) is 8.17. The number of nitrogen functional groups attached to an aromatic ring is 1. The summed E-state index contributed by atoms with van der Waals surface area (Å²) in [5.41, 5.74) is 6.77. The third kappa shape index (κ3) is 2.82. The molecular formula is C14H22N2O3S. The first-order chi connectivity index (χ1) is 9.13. The molecule has 0 aromatic heterocycles. The molecular weight excluding hydrogens is 276 g/mol. The normalized spacial score (nSPS) is 24.8. The Morgan fingerprint density at radius 3 is 2.60 bits per heavy atom. The van der Waals surface area contributed by atoms with Gasteiger partial charge in [0.1, 0.15) is 0 Å². The highest BCUT2D eigenvalue weighted by atomic mass is 32.2. The molecule has 1 aromatic rings. The van der Waals surface area contributed by atoms with Crippen molar-refractivity contribution in [3.05, 3.63) is 23.3 Å². The SMILES string of the molecule is Cc1cc(N)c(C)c(S(=O)(=O)N2CCCC(C)(O)C2)c1. The van der Waals surface area contributed by atoms with E-state index in [1.54, 1.807) is 26.0 Å². The molecule has 0 amide bonds. The summed E-state index contributed by atoms with van der Waals surface area (Å²) >= 11 is 0. The van der Waals surface area contributed by atoms with E-state index < -0.39 is 15.6 Å². The summed E-state index contributed by atoms with van der Waals surface area (Å²) in [6.07, 6.45) is 1.28. The predicted octanol–water partition coefficient (Wildman–Crippen LogP) is 1.42. The Kier molecular flexibility index (Phi) is 3.83. The first-order valence-electron chi connectivity index (χ1n) is 6.73. The van der Waals surface area contributed by atoms with Gasteiger partial charge in [-0.1, -0.05) is 0 Å². The van der Waals surface area contributed by atoms with Gasteiger partial charge in [0.05, 0.1) is 10.5 Å². The van der Waals surface area contributed by atoms with E-state index in [-0.39, 0.29) is 11.4 Å². The zero-order valence-corrected chi connectivity index (χ0v) is 13.0. The third-order valence-electron chi connectivity index (χ3n) is 3.80. The zero-order chi connectivity index (χ0) is 15.1. The van der Waals surface area contributed by atoms with Crippen LogP contribution >= 0.6 is 0 Å². The standard InChI is InChI=1S/C14H22N2O3S/c1-10-7-12(15)11(2)13(8-10)20(18,19)16-6-4-5-14(3,17)9-16/h7-8,17H,4-6,9,15H2,1-3H3. The minimum absolute atomic E-state index is 0.128. The molecule has 1 aliphatic rings. The molecule has 1 unspecified atom stereocenters. The van der Waals surface area contributed by atoms with E-state index in [2.05, 4.69) is 0 Å². The Balaban J connectivity index is 2.46. The molecule has 5 nitrogen and oxygen atoms in total. The summed E-state index contributed by atoms with van der Waals surface area (Å²) in [6.45, 7) is 5.77. The third-order valence-corrected chi connectivity index (χ3v) is 5.77. The van der Waals surface area contributed by atoms with Crippen molar-refractivity contribution in [2.45, 2.75) is 44.1 Å². The molecule has 1 saturated heterocycles. The van der Waals surface area contributed by atoms with Crippen LogP contribution in [0.25, 0.3) is 0 Å². The molecule has 0 spiro atoms. The van der Waals surface area contributed by atoms with E-state index in [0.717, 1.165) is 5.56 Å². The number of hydrogen-bond acceptors (Lipinski definition) is 4. The molecule has 0 bridgehead atoms. The fourth-order valence-corrected chi connectivity index (χ4v) is 4.57. The lowest BCUT2D eigenvalue weighted by molar-refractivity contribution is 0.00939. The summed E-state index contributed by atoms with van der Waals surface area (Å²) in [4.78, 5) is 0.243. The lowest BCUT2D eigenvalue weighted by atomic mass is 9.97. The van der Waals surface area contributed by atoms with Crippen molar-refractivity contribution < 1.29 is 13.5 Å². The minimum Gasteiger partial charge on any atom is -0.398 e. The van der Waals surface area contributed by atoms with E-state index >= 15 is 0 Å². The summed E-state index contributed by atoms with van der Waals surface area (Å²) in [7, 11) is -3.62. The van der Waals surface area contributed by atoms with E-state index in [9.17, 15) is 13.5 Å². The number of nitrogens with zero attached hydrogens (tertiary/aromatic N) is 1. The average Bonchev–Trinajstić information content (AvgIpc) is 2.32. The molecule has 0 aliphatic carbocycles. The number of aryl methyl sites for hydroxylation is 1. The van der Waals surface area contributed by atoms with Gasteiger partial charge in [0.15, 0.2) is 0 Å². The highest BCUT2D eigenvalue weighted by Crippen LogP contribution is 2.30. The van der Waals surface area contributed by atoms with Crippen LogP contribution in [0.3, 0.4) is 0 Å². The molecule has 1 aliphatic heterocycles. The number of β-amino-alcohol motifs (C(OH)–C–C–N with tert-alkyl or cyclic N) is 1. The zero-order valence-electron chi connectivity index (χ0n) is 12.2. The second-order valence-corrected chi connectivity index (χ2v) is 7.82. The number of rotatable bonds is 2. The number of sulfonamides is 1. The second-order valence-electron chi connectivity index (χ2n) is 5.92. The number of aliphatic hydroxyl groups is 1. The number of anilines is 1. The Morgan fingerprint density at radius 1 is 1.35 bits per heavy atom. The van der Waals surface area contributed by atoms with Crippen LogP contribution in [0.1, 0.15) is 30.9 Å². The molecule has 20 heavy (non-hydrogen) atoms. The topological polar surface area (TPSA) is 83.6 Å². The van der Waals surface area contributed by atoms with E-state index in [1.165, 1.54) is 4.31 Å². The quantitative estimate of drug-likeness (QED) is 0.809. The maximum absolute atomic E-state index is 12.8. The van der Waals surface area contributed by atoms with Crippen LogP contribution in [0.4, 0.5) is 5.69 Å². The second kappa shape index (κ2) is 5.02. The van der Waals surface area contributed by atoms with Crippen LogP contribution in [-0.4, -0.2) is 36.5 Å². The molecule has 1 fully saturated rings. The lowest BCUT2D eigenvalue weighted by Crippen LogP contribution is -2.48. The van der Waals surface area contributed by atoms with Crippen LogP contribution < -0.4 is 5.73 Å². The molecule has 1 aromatic carbocycles. The average molecular weight is 298 g/mol. The summed E-state index contributed by atoms with van der Waals surface area (Å²) in [6, 6.07) is 3.41. The maximum Gasteiger partial charge on any atom is 0.243 e. The molecule has 112 valence electrons. The van der Waals surface area contributed by atoms with Gasteiger partial charge in [-0.25, -0.2) is 8.42 Å². The largest absolute Gasteiger partial charge is 0.398 e. The summed E-state index contributed by atoms with van der Waals surface area (Å²) < 4.78 is 26.9. The Labute approximate surface area is 120 Å². The Morgan fingerprint density at radius 2 is 2.00 bits per heavy atom. The molecule has 6 heteroatoms. The summed E-state index contributed by atoms with van der Waals surface area (Å²) in [5.74, 6) is 0. The smallest absolute Gasteiger partial charge is 0.243 e. The van der Waals surface area contributed by atoms with E-state index in [1.807, 2.05) is 6.92 Å². The van der Waals surface area contributed by atoms with Gasteiger partial charge in [0, 0.05) is 18.8 Å². The van der Waals surface area contributed by atoms with E-state index in [0.29, 0.717) is 30.6 Å². The number of piperidine rings is 1. The number of hydrogen-bond donors (Lipinski definition) is 2. The highest BCUT2D eigenvalue weighted by Gasteiger charge is 2.36. The summed E-state index contributed by atoms with van der Waals surface area (Å²) in [5, 5.41) is 10.1. The van der Waals surface area contributed by atoms with Gasteiger partial charge < -0.3 is 10.8 Å². The van der Waals surface area contributed by atoms with Gasteiger partial charge in [0.2, 0.25) is 10.0 Å². The van der Waals surface area contributed by atoms with Gasteiger partial charge in [-0.15, -0.1) is 0 Å². The van der Waals surface area contributed by atoms with Gasteiger partial charge in [0.25, 0.3) is 0 Å². The van der Waals surface area contributed by atoms with Crippen molar-refractivity contribution in [3.8, 4) is 0 Å². The van der Waals surface area contributed by atoms with Crippen LogP contribution in [0.5, 0.6) is 0 Å². The molecule has 2 rings (SSSR count). The van der Waals surface area contributed by atoms with Crippen molar-refractivity contribution in [3.63, 3.8) is 0 Å². The Hall–Kier alpha value is -1.11. The van der Waals surface area contributed by atoms with Crippen molar-refractivity contribution in [1.82, 2.24) is 4.31 Å². The van der Waals surface area contributed by atoms with Crippen LogP contribution in [0.15, 0.2) is 17.0 Å². The molecule has 3 N–H and O–H groups in total. The minimum atomic E-state index is -3.62. The first kappa shape index (κ1) is 15.3. The van der Waals surface area contributed by atoms with Gasteiger partial charge in [-0.2, -0.15) is 4.31 Å². The molecule has 1 atom stereocenters. The van der Waals surface area contributed by atoms with Gasteiger partial charge in [-0.05, 0) is 56.9 Å². The number of nitrogens with two attached hydrogens (primary N) is 1. The van der Waals surface area contributed by atoms with Crippen molar-refractivity contribution in [2.75, 3.05) is 18.8 Å². The maximum atomic E-state index is 12.8. The molecule has 0 saturated carbocycles. The van der Waals surface area contributed by atoms with Gasteiger partial charge >= 0.3 is 0 Å². The monoisotopic (exact) mass is 298 g/mol.